The number of nitrogens with one attached hydrogen (secondary N) is 4. The molecule has 66 heavy (non-hydrogen) atoms. The van der Waals surface area contributed by atoms with Gasteiger partial charge in [-0.25, -0.2) is 18.1 Å². The number of quaternary nitrogens is 1. The Labute approximate surface area is 387 Å². The average Bonchev–Trinajstić information content (AvgIpc) is 4.00. The van der Waals surface area contributed by atoms with Gasteiger partial charge >= 0.3 is 0 Å². The Balaban J connectivity index is 0.875. The summed E-state index contributed by atoms with van der Waals surface area (Å²) in [6, 6.07) is 18.2. The number of nitrogens with zero attached hydrogens (tertiary/aromatic N) is 4. The topological polar surface area (TPSA) is 169 Å². The molecule has 10 rings (SSSR count). The van der Waals surface area contributed by atoms with Crippen molar-refractivity contribution in [3.8, 4) is 11.5 Å². The van der Waals surface area contributed by atoms with E-state index in [1.54, 1.807) is 17.8 Å². The number of H-pyrrole nitrogens is 1. The summed E-state index contributed by atoms with van der Waals surface area (Å²) in [6.07, 6.45) is 16.8. The number of likely N-dealkylation sites (tertiary alicyclic amines) is 1. The predicted molar refractivity (Wildman–Crippen MR) is 257 cm³/mol. The highest BCUT2D eigenvalue weighted by atomic mass is 32.2. The zero-order chi connectivity index (χ0) is 45.6. The number of piperidine rings is 1. The van der Waals surface area contributed by atoms with Gasteiger partial charge < -0.3 is 34.9 Å². The Bertz CT molecular complexity index is 2730. The molecule has 5 heterocycles. The Kier molecular flexibility index (Phi) is 12.4. The standard InChI is InChI=1S/C51H62N8O6S/c1-33(2)38-10-4-5-11-39(38)40-12-6-7-14-43(40)59-30-51(31-59)19-21-58(22-20-51)36-15-16-41(45(26-36)65-37-25-35-9-8-13-42(35)52-29-37)50(60)56-66(62,63)46-27-44(57(3)61)47(49-48(46)54-32-55-49)53-28-34-17-23-64-24-18-34/h4-5,8-11,15-16,25-27,29,32-34,40,43,53,57H,6-7,12-14,17-24,28,30-31H2,1-3H3,(H,54,55)(H,56,60)/t40-,43-/m0/s1. The third-order valence-electron chi connectivity index (χ3n) is 15.0. The summed E-state index contributed by atoms with van der Waals surface area (Å²) < 4.78 is 42.8. The van der Waals surface area contributed by atoms with Crippen LogP contribution in [0.1, 0.15) is 110 Å². The van der Waals surface area contributed by atoms with E-state index in [1.807, 2.05) is 30.4 Å². The SMILES string of the molecule is CC(C)c1ccccc1[C@@H]1CCCC[C@@H]1N1CC2(CCN(c3ccc(C(=O)NS(=O)(=O)c4cc([NH+](C)[O-])c(NCC5CCOCC5)c5[nH]cnc45)c(Oc4cnc5c(c4)C=CC5)c3)CC2)C1. The van der Waals surface area contributed by atoms with Crippen LogP contribution in [0, 0.1) is 16.5 Å². The van der Waals surface area contributed by atoms with Crippen molar-refractivity contribution in [2.24, 2.45) is 11.3 Å². The second-order valence-corrected chi connectivity index (χ2v) is 21.2. The average molecular weight is 915 g/mol. The number of aromatic nitrogens is 3. The van der Waals surface area contributed by atoms with Gasteiger partial charge in [-0.15, -0.1) is 0 Å². The molecule has 2 aliphatic carbocycles. The number of fused-ring (bicyclic) bond motifs is 2. The molecule has 1 spiro atoms. The van der Waals surface area contributed by atoms with Crippen molar-refractivity contribution in [2.75, 3.05) is 63.2 Å². The molecule has 1 unspecified atom stereocenters. The fourth-order valence-electron chi connectivity index (χ4n) is 11.3. The summed E-state index contributed by atoms with van der Waals surface area (Å²) in [5.41, 5.74) is 7.30. The van der Waals surface area contributed by atoms with E-state index in [0.29, 0.717) is 60.5 Å². The van der Waals surface area contributed by atoms with Crippen LogP contribution < -0.4 is 24.7 Å². The van der Waals surface area contributed by atoms with Gasteiger partial charge in [0, 0.05) is 76.2 Å². The molecule has 3 aromatic carbocycles. The van der Waals surface area contributed by atoms with E-state index in [-0.39, 0.29) is 37.9 Å². The lowest BCUT2D eigenvalue weighted by Gasteiger charge is -2.58. The molecule has 3 aliphatic heterocycles. The smallest absolute Gasteiger partial charge is 0.268 e. The number of ether oxygens (including phenoxy) is 2. The monoisotopic (exact) mass is 914 g/mol. The van der Waals surface area contributed by atoms with Gasteiger partial charge in [0.2, 0.25) is 0 Å². The lowest BCUT2D eigenvalue weighted by Crippen LogP contribution is -2.98. The first-order chi connectivity index (χ1) is 31.9. The molecule has 4 fully saturated rings. The first-order valence-corrected chi connectivity index (χ1v) is 25.4. The number of hydrogen-bond acceptors (Lipinski definition) is 11. The van der Waals surface area contributed by atoms with Crippen LogP contribution in [0.3, 0.4) is 0 Å². The molecule has 5 aromatic rings. The lowest BCUT2D eigenvalue weighted by molar-refractivity contribution is -0.750. The van der Waals surface area contributed by atoms with E-state index in [4.69, 9.17) is 9.47 Å². The minimum absolute atomic E-state index is 0.0439. The van der Waals surface area contributed by atoms with Crippen LogP contribution in [-0.2, 0) is 21.2 Å². The highest BCUT2D eigenvalue weighted by Gasteiger charge is 2.49. The first-order valence-electron chi connectivity index (χ1n) is 23.9. The molecule has 348 valence electrons. The summed E-state index contributed by atoms with van der Waals surface area (Å²) in [7, 11) is -3.17. The van der Waals surface area contributed by atoms with E-state index < -0.39 is 15.9 Å². The van der Waals surface area contributed by atoms with Crippen LogP contribution in [0.2, 0.25) is 0 Å². The molecule has 0 radical (unpaired) electrons. The second-order valence-electron chi connectivity index (χ2n) is 19.6. The van der Waals surface area contributed by atoms with Crippen molar-refractivity contribution < 1.29 is 27.7 Å². The van der Waals surface area contributed by atoms with Crippen molar-refractivity contribution in [1.82, 2.24) is 24.6 Å². The number of sulfonamides is 1. The van der Waals surface area contributed by atoms with E-state index in [9.17, 15) is 18.4 Å². The van der Waals surface area contributed by atoms with E-state index >= 15 is 0 Å². The quantitative estimate of drug-likeness (QED) is 0.0856. The minimum Gasteiger partial charge on any atom is -0.629 e. The van der Waals surface area contributed by atoms with Gasteiger partial charge in [0.05, 0.1) is 36.3 Å². The van der Waals surface area contributed by atoms with Crippen molar-refractivity contribution in [3.05, 3.63) is 106 Å². The van der Waals surface area contributed by atoms with Crippen LogP contribution >= 0.6 is 0 Å². The summed E-state index contributed by atoms with van der Waals surface area (Å²) >= 11 is 0. The molecule has 0 bridgehead atoms. The molecule has 3 atom stereocenters. The lowest BCUT2D eigenvalue weighted by atomic mass is 9.68. The van der Waals surface area contributed by atoms with Crippen LogP contribution in [0.15, 0.2) is 78.1 Å². The summed E-state index contributed by atoms with van der Waals surface area (Å²) in [5, 5.41) is 16.1. The maximum atomic E-state index is 14.3. The van der Waals surface area contributed by atoms with Crippen molar-refractivity contribution in [2.45, 2.75) is 94.4 Å². The highest BCUT2D eigenvalue weighted by Crippen LogP contribution is 2.48. The summed E-state index contributed by atoms with van der Waals surface area (Å²) in [6.45, 7) is 10.5. The molecule has 5 aliphatic rings. The fraction of sp³-hybridized carbons (Fsp3) is 0.471. The zero-order valence-electron chi connectivity index (χ0n) is 38.3. The molecule has 1 amide bonds. The Morgan fingerprint density at radius 3 is 2.61 bits per heavy atom. The number of amides is 1. The van der Waals surface area contributed by atoms with Gasteiger partial charge in [0.15, 0.2) is 5.69 Å². The maximum absolute atomic E-state index is 14.3. The van der Waals surface area contributed by atoms with Gasteiger partial charge in [0.25, 0.3) is 15.9 Å². The van der Waals surface area contributed by atoms with Crippen LogP contribution in [0.5, 0.6) is 11.5 Å². The van der Waals surface area contributed by atoms with Gasteiger partial charge in [-0.2, -0.15) is 0 Å². The molecule has 3 saturated heterocycles. The van der Waals surface area contributed by atoms with Gasteiger partial charge in [-0.1, -0.05) is 63.1 Å². The molecule has 14 nitrogen and oxygen atoms in total. The van der Waals surface area contributed by atoms with Gasteiger partial charge in [-0.3, -0.25) is 14.7 Å². The third kappa shape index (κ3) is 8.83. The number of carbonyl (C=O) groups excluding carboxylic acids is 1. The predicted octanol–water partition coefficient (Wildman–Crippen LogP) is 7.67. The highest BCUT2D eigenvalue weighted by molar-refractivity contribution is 7.90. The van der Waals surface area contributed by atoms with E-state index in [2.05, 4.69) is 72.9 Å². The Hall–Kier alpha value is -5.32. The normalized spacial score (nSPS) is 21.5. The third-order valence-corrected chi connectivity index (χ3v) is 16.3. The van der Waals surface area contributed by atoms with Crippen LogP contribution in [-0.4, -0.2) is 93.2 Å². The number of hydroxylamine groups is 1. The number of allylic oxidation sites excluding steroid dienone is 1. The number of aromatic amines is 1. The molecular formula is C51H62N8O6S. The number of imidazole rings is 1. The molecule has 1 saturated carbocycles. The molecule has 2 aromatic heterocycles. The Morgan fingerprint density at radius 2 is 1.82 bits per heavy atom. The van der Waals surface area contributed by atoms with Gasteiger partial charge in [-0.05, 0) is 96.6 Å². The van der Waals surface area contributed by atoms with Crippen molar-refractivity contribution in [3.63, 3.8) is 0 Å². The molecule has 15 heteroatoms. The van der Waals surface area contributed by atoms with Crippen LogP contribution in [0.4, 0.5) is 17.1 Å². The number of hydrogen-bond donors (Lipinski definition) is 4. The molecular weight excluding hydrogens is 853 g/mol. The van der Waals surface area contributed by atoms with Crippen molar-refractivity contribution >= 4 is 50.1 Å². The van der Waals surface area contributed by atoms with E-state index in [1.165, 1.54) is 50.7 Å². The number of pyridine rings is 1. The largest absolute Gasteiger partial charge is 0.629 e. The fourth-order valence-corrected chi connectivity index (χ4v) is 12.5. The van der Waals surface area contributed by atoms with Gasteiger partial charge in [0.1, 0.15) is 27.6 Å². The van der Waals surface area contributed by atoms with Crippen molar-refractivity contribution in [1.29, 1.82) is 0 Å². The Morgan fingerprint density at radius 1 is 1.03 bits per heavy atom. The summed E-state index contributed by atoms with van der Waals surface area (Å²) in [5.74, 6) is 1.21. The summed E-state index contributed by atoms with van der Waals surface area (Å²) in [4.78, 5) is 31.1. The maximum Gasteiger partial charge on any atom is 0.268 e. The number of benzene rings is 3. The number of carbonyl (C=O) groups is 1. The first kappa shape index (κ1) is 44.5. The van der Waals surface area contributed by atoms with Crippen LogP contribution in [0.25, 0.3) is 17.1 Å². The zero-order valence-corrected chi connectivity index (χ0v) is 39.1. The minimum atomic E-state index is -4.56. The molecule has 4 N–H and O–H groups in total. The number of rotatable bonds is 13. The second kappa shape index (κ2) is 18.4. The number of anilines is 2. The van der Waals surface area contributed by atoms with E-state index in [0.717, 1.165) is 75.2 Å².